The Morgan fingerprint density at radius 3 is 2.24 bits per heavy atom. The van der Waals surface area contributed by atoms with Crippen LogP contribution in [0.3, 0.4) is 0 Å². The molecule has 2 saturated carbocycles. The molecule has 0 heterocycles. The predicted molar refractivity (Wildman–Crippen MR) is 63.2 cm³/mol. The summed E-state index contributed by atoms with van der Waals surface area (Å²) in [5.74, 6) is 0.937. The van der Waals surface area contributed by atoms with Gasteiger partial charge in [-0.25, -0.2) is 0 Å². The third kappa shape index (κ3) is 2.99. The zero-order valence-electron chi connectivity index (χ0n) is 10.6. The van der Waals surface area contributed by atoms with Crippen molar-refractivity contribution in [2.75, 3.05) is 7.11 Å². The fraction of sp³-hybridized carbons (Fsp3) is 0.846. The first kappa shape index (κ1) is 12.4. The minimum absolute atomic E-state index is 0.0352. The number of carbonyl (C=O) groups is 2. The van der Waals surface area contributed by atoms with E-state index in [2.05, 4.69) is 12.2 Å². The van der Waals surface area contributed by atoms with E-state index in [1.165, 1.54) is 7.11 Å². The number of hydrogen-bond donors (Lipinski definition) is 1. The van der Waals surface area contributed by atoms with Crippen LogP contribution in [-0.4, -0.2) is 25.0 Å². The van der Waals surface area contributed by atoms with E-state index in [0.717, 1.165) is 32.1 Å². The van der Waals surface area contributed by atoms with Crippen LogP contribution in [0.5, 0.6) is 0 Å². The summed E-state index contributed by atoms with van der Waals surface area (Å²) < 4.78 is 4.74. The van der Waals surface area contributed by atoms with Gasteiger partial charge in [-0.1, -0.05) is 6.92 Å². The van der Waals surface area contributed by atoms with Gasteiger partial charge in [0.15, 0.2) is 0 Å². The van der Waals surface area contributed by atoms with Crippen molar-refractivity contribution in [3.05, 3.63) is 0 Å². The lowest BCUT2D eigenvalue weighted by atomic mass is 9.86. The lowest BCUT2D eigenvalue weighted by Crippen LogP contribution is -2.39. The van der Waals surface area contributed by atoms with Gasteiger partial charge in [-0.3, -0.25) is 9.59 Å². The van der Waals surface area contributed by atoms with Crippen LogP contribution >= 0.6 is 0 Å². The standard InChI is InChI=1S/C13H21NO3/c1-8-7-11(8)12(15)14-10-5-3-9(4-6-10)13(16)17-2/h8-11H,3-7H2,1-2H3,(H,14,15). The summed E-state index contributed by atoms with van der Waals surface area (Å²) in [4.78, 5) is 23.1. The van der Waals surface area contributed by atoms with Crippen LogP contribution in [0, 0.1) is 17.8 Å². The van der Waals surface area contributed by atoms with Gasteiger partial charge in [0.05, 0.1) is 13.0 Å². The van der Waals surface area contributed by atoms with E-state index in [4.69, 9.17) is 4.74 Å². The third-order valence-electron chi connectivity index (χ3n) is 4.05. The molecule has 0 aromatic carbocycles. The fourth-order valence-electron chi connectivity index (χ4n) is 2.64. The molecule has 0 spiro atoms. The number of carbonyl (C=O) groups excluding carboxylic acids is 2. The van der Waals surface area contributed by atoms with E-state index in [1.807, 2.05) is 0 Å². The molecule has 4 nitrogen and oxygen atoms in total. The van der Waals surface area contributed by atoms with Gasteiger partial charge in [0.25, 0.3) is 0 Å². The molecule has 2 rings (SSSR count). The molecular formula is C13H21NO3. The van der Waals surface area contributed by atoms with Crippen molar-refractivity contribution in [1.29, 1.82) is 0 Å². The van der Waals surface area contributed by atoms with Crippen molar-refractivity contribution in [3.63, 3.8) is 0 Å². The van der Waals surface area contributed by atoms with Gasteiger partial charge in [0.1, 0.15) is 0 Å². The minimum Gasteiger partial charge on any atom is -0.469 e. The van der Waals surface area contributed by atoms with Crippen molar-refractivity contribution in [2.24, 2.45) is 17.8 Å². The summed E-state index contributed by atoms with van der Waals surface area (Å²) in [6.45, 7) is 2.11. The van der Waals surface area contributed by atoms with Crippen LogP contribution in [0.2, 0.25) is 0 Å². The highest BCUT2D eigenvalue weighted by atomic mass is 16.5. The van der Waals surface area contributed by atoms with Gasteiger partial charge >= 0.3 is 5.97 Å². The highest BCUT2D eigenvalue weighted by Crippen LogP contribution is 2.38. The molecule has 2 unspecified atom stereocenters. The molecule has 2 aliphatic rings. The van der Waals surface area contributed by atoms with Gasteiger partial charge < -0.3 is 10.1 Å². The first-order chi connectivity index (χ1) is 8.11. The van der Waals surface area contributed by atoms with Crippen molar-refractivity contribution in [3.8, 4) is 0 Å². The second-order valence-corrected chi connectivity index (χ2v) is 5.40. The summed E-state index contributed by atoms with van der Waals surface area (Å²) >= 11 is 0. The Morgan fingerprint density at radius 2 is 1.76 bits per heavy atom. The molecule has 0 saturated heterocycles. The van der Waals surface area contributed by atoms with Gasteiger partial charge in [-0.2, -0.15) is 0 Å². The lowest BCUT2D eigenvalue weighted by Gasteiger charge is -2.27. The van der Waals surface area contributed by atoms with E-state index >= 15 is 0 Å². The average Bonchev–Trinajstić information content (AvgIpc) is 3.06. The van der Waals surface area contributed by atoms with Crippen LogP contribution in [-0.2, 0) is 14.3 Å². The largest absolute Gasteiger partial charge is 0.469 e. The fourth-order valence-corrected chi connectivity index (χ4v) is 2.64. The second-order valence-electron chi connectivity index (χ2n) is 5.40. The highest BCUT2D eigenvalue weighted by molar-refractivity contribution is 5.81. The summed E-state index contributed by atoms with van der Waals surface area (Å²) in [7, 11) is 1.44. The maximum Gasteiger partial charge on any atom is 0.308 e. The van der Waals surface area contributed by atoms with Crippen molar-refractivity contribution < 1.29 is 14.3 Å². The molecular weight excluding hydrogens is 218 g/mol. The normalized spacial score (nSPS) is 36.1. The monoisotopic (exact) mass is 239 g/mol. The topological polar surface area (TPSA) is 55.4 Å². The summed E-state index contributed by atoms with van der Waals surface area (Å²) in [6, 6.07) is 0.260. The van der Waals surface area contributed by atoms with Crippen molar-refractivity contribution in [2.45, 2.75) is 45.1 Å². The van der Waals surface area contributed by atoms with Crippen LogP contribution in [0.1, 0.15) is 39.0 Å². The molecule has 0 aromatic heterocycles. The maximum atomic E-state index is 11.8. The Labute approximate surface area is 102 Å². The minimum atomic E-state index is -0.106. The zero-order valence-corrected chi connectivity index (χ0v) is 10.6. The molecule has 2 aliphatic carbocycles. The molecule has 1 N–H and O–H groups in total. The molecule has 0 aromatic rings. The number of amides is 1. The Morgan fingerprint density at radius 1 is 1.18 bits per heavy atom. The van der Waals surface area contributed by atoms with Crippen LogP contribution in [0.25, 0.3) is 0 Å². The van der Waals surface area contributed by atoms with Gasteiger partial charge in [-0.05, 0) is 38.0 Å². The molecule has 0 aliphatic heterocycles. The van der Waals surface area contributed by atoms with Gasteiger partial charge in [-0.15, -0.1) is 0 Å². The van der Waals surface area contributed by atoms with Crippen LogP contribution in [0.15, 0.2) is 0 Å². The highest BCUT2D eigenvalue weighted by Gasteiger charge is 2.40. The molecule has 0 radical (unpaired) electrons. The summed E-state index contributed by atoms with van der Waals surface area (Å²) in [5, 5.41) is 3.10. The zero-order chi connectivity index (χ0) is 12.4. The first-order valence-corrected chi connectivity index (χ1v) is 6.50. The van der Waals surface area contributed by atoms with E-state index in [1.54, 1.807) is 0 Å². The Balaban J connectivity index is 1.72. The van der Waals surface area contributed by atoms with Crippen LogP contribution in [0.4, 0.5) is 0 Å². The van der Waals surface area contributed by atoms with E-state index in [0.29, 0.717) is 5.92 Å². The number of hydrogen-bond acceptors (Lipinski definition) is 3. The smallest absolute Gasteiger partial charge is 0.308 e. The quantitative estimate of drug-likeness (QED) is 0.759. The number of methoxy groups -OCH3 is 1. The molecule has 1 amide bonds. The Bertz CT molecular complexity index is 308. The number of ether oxygens (including phenoxy) is 1. The number of rotatable bonds is 3. The Kier molecular flexibility index (Phi) is 3.69. The molecule has 17 heavy (non-hydrogen) atoms. The number of nitrogens with one attached hydrogen (secondary N) is 1. The van der Waals surface area contributed by atoms with Crippen molar-refractivity contribution in [1.82, 2.24) is 5.32 Å². The molecule has 96 valence electrons. The average molecular weight is 239 g/mol. The second kappa shape index (κ2) is 5.07. The lowest BCUT2D eigenvalue weighted by molar-refractivity contribution is -0.146. The third-order valence-corrected chi connectivity index (χ3v) is 4.05. The van der Waals surface area contributed by atoms with E-state index in [-0.39, 0.29) is 29.8 Å². The molecule has 2 fully saturated rings. The van der Waals surface area contributed by atoms with E-state index in [9.17, 15) is 9.59 Å². The SMILES string of the molecule is COC(=O)C1CCC(NC(=O)C2CC2C)CC1. The molecule has 2 atom stereocenters. The van der Waals surface area contributed by atoms with Crippen LogP contribution < -0.4 is 5.32 Å². The van der Waals surface area contributed by atoms with Crippen molar-refractivity contribution >= 4 is 11.9 Å². The molecule has 0 bridgehead atoms. The first-order valence-electron chi connectivity index (χ1n) is 6.50. The number of esters is 1. The van der Waals surface area contributed by atoms with Gasteiger partial charge in [0.2, 0.25) is 5.91 Å². The maximum absolute atomic E-state index is 11.8. The van der Waals surface area contributed by atoms with Gasteiger partial charge in [0, 0.05) is 12.0 Å². The predicted octanol–water partition coefficient (Wildman–Crippen LogP) is 1.49. The summed E-state index contributed by atoms with van der Waals surface area (Å²) in [5.41, 5.74) is 0. The van der Waals surface area contributed by atoms with E-state index < -0.39 is 0 Å². The summed E-state index contributed by atoms with van der Waals surface area (Å²) in [6.07, 6.45) is 4.48. The Hall–Kier alpha value is -1.06. The molecule has 4 heteroatoms.